The second-order valence-electron chi connectivity index (χ2n) is 4.41. The highest BCUT2D eigenvalue weighted by Crippen LogP contribution is 2.32. The van der Waals surface area contributed by atoms with E-state index in [2.05, 4.69) is 15.9 Å². The molecule has 0 saturated carbocycles. The zero-order valence-corrected chi connectivity index (χ0v) is 14.9. The number of benzene rings is 1. The lowest BCUT2D eigenvalue weighted by Gasteiger charge is -2.16. The number of sulfonamides is 1. The van der Waals surface area contributed by atoms with Crippen LogP contribution in [0.5, 0.6) is 0 Å². The van der Waals surface area contributed by atoms with E-state index >= 15 is 0 Å². The van der Waals surface area contributed by atoms with E-state index in [1.54, 1.807) is 20.0 Å². The molecule has 0 unspecified atom stereocenters. The van der Waals surface area contributed by atoms with Crippen LogP contribution >= 0.6 is 38.9 Å². The lowest BCUT2D eigenvalue weighted by Crippen LogP contribution is -2.25. The third kappa shape index (κ3) is 3.43. The zero-order valence-electron chi connectivity index (χ0n) is 10.9. The van der Waals surface area contributed by atoms with Crippen LogP contribution in [0.4, 0.5) is 0 Å². The third-order valence-corrected chi connectivity index (χ3v) is 7.15. The van der Waals surface area contributed by atoms with E-state index in [0.29, 0.717) is 10.9 Å². The smallest absolute Gasteiger partial charge is 0.206 e. The Balaban J connectivity index is 2.23. The molecule has 1 aromatic carbocycles. The molecule has 2 rings (SSSR count). The standard InChI is InChI=1S/C13H13BrClNO2S2/c1-9-7-12(19-13(9)15)20(17,18)16(2)8-10-3-5-11(14)6-4-10/h3-7H,8H2,1-2H3. The average molecular weight is 395 g/mol. The lowest BCUT2D eigenvalue weighted by atomic mass is 10.2. The van der Waals surface area contributed by atoms with Gasteiger partial charge >= 0.3 is 0 Å². The number of halogens is 2. The first-order valence-corrected chi connectivity index (χ1v) is 9.20. The van der Waals surface area contributed by atoms with E-state index in [1.807, 2.05) is 24.3 Å². The summed E-state index contributed by atoms with van der Waals surface area (Å²) in [7, 11) is -1.92. The van der Waals surface area contributed by atoms with Crippen molar-refractivity contribution in [3.05, 3.63) is 50.3 Å². The molecule has 1 heterocycles. The van der Waals surface area contributed by atoms with Gasteiger partial charge in [0.1, 0.15) is 4.21 Å². The van der Waals surface area contributed by atoms with Crippen molar-refractivity contribution in [2.24, 2.45) is 0 Å². The van der Waals surface area contributed by atoms with Crippen molar-refractivity contribution in [3.63, 3.8) is 0 Å². The fourth-order valence-corrected chi connectivity index (χ4v) is 4.99. The van der Waals surface area contributed by atoms with Crippen molar-refractivity contribution in [2.75, 3.05) is 7.05 Å². The molecule has 0 atom stereocenters. The molecule has 3 nitrogen and oxygen atoms in total. The van der Waals surface area contributed by atoms with Crippen molar-refractivity contribution < 1.29 is 8.42 Å². The van der Waals surface area contributed by atoms with Crippen molar-refractivity contribution in [1.29, 1.82) is 0 Å². The van der Waals surface area contributed by atoms with E-state index in [-0.39, 0.29) is 4.21 Å². The minimum Gasteiger partial charge on any atom is -0.206 e. The predicted octanol–water partition coefficient (Wildman–Crippen LogP) is 4.29. The second kappa shape index (κ2) is 6.15. The fraction of sp³-hybridized carbons (Fsp3) is 0.231. The number of hydrogen-bond donors (Lipinski definition) is 0. The molecule has 1 aromatic heterocycles. The highest BCUT2D eigenvalue weighted by Gasteiger charge is 2.23. The highest BCUT2D eigenvalue weighted by molar-refractivity contribution is 9.10. The van der Waals surface area contributed by atoms with Gasteiger partial charge in [-0.25, -0.2) is 8.42 Å². The monoisotopic (exact) mass is 393 g/mol. The van der Waals surface area contributed by atoms with Crippen LogP contribution in [0.25, 0.3) is 0 Å². The number of nitrogens with zero attached hydrogens (tertiary/aromatic N) is 1. The van der Waals surface area contributed by atoms with Crippen molar-refractivity contribution in [2.45, 2.75) is 17.7 Å². The molecule has 0 bridgehead atoms. The quantitative estimate of drug-likeness (QED) is 0.775. The molecule has 0 aliphatic carbocycles. The van der Waals surface area contributed by atoms with Crippen molar-refractivity contribution >= 4 is 48.9 Å². The molecule has 0 N–H and O–H groups in total. The maximum atomic E-state index is 12.4. The summed E-state index contributed by atoms with van der Waals surface area (Å²) in [5.41, 5.74) is 1.71. The summed E-state index contributed by atoms with van der Waals surface area (Å²) in [6.45, 7) is 2.12. The maximum absolute atomic E-state index is 12.4. The Bertz CT molecular complexity index is 691. The molecule has 0 aliphatic heterocycles. The van der Waals surface area contributed by atoms with Gasteiger partial charge in [0.25, 0.3) is 10.0 Å². The largest absolute Gasteiger partial charge is 0.252 e. The first kappa shape index (κ1) is 16.0. The van der Waals surface area contributed by atoms with Gasteiger partial charge in [0.15, 0.2) is 0 Å². The summed E-state index contributed by atoms with van der Waals surface area (Å²) in [5.74, 6) is 0. The van der Waals surface area contributed by atoms with Crippen LogP contribution in [0.2, 0.25) is 4.34 Å². The Kier molecular flexibility index (Phi) is 4.92. The van der Waals surface area contributed by atoms with E-state index in [1.165, 1.54) is 4.31 Å². The second-order valence-corrected chi connectivity index (χ2v) is 9.25. The fourth-order valence-electron chi connectivity index (χ4n) is 1.64. The topological polar surface area (TPSA) is 37.4 Å². The molecular weight excluding hydrogens is 382 g/mol. The Morgan fingerprint density at radius 1 is 1.30 bits per heavy atom. The van der Waals surface area contributed by atoms with Gasteiger partial charge in [0.05, 0.1) is 4.34 Å². The van der Waals surface area contributed by atoms with Crippen LogP contribution in [0.1, 0.15) is 11.1 Å². The zero-order chi connectivity index (χ0) is 14.9. The maximum Gasteiger partial charge on any atom is 0.252 e. The highest BCUT2D eigenvalue weighted by atomic mass is 79.9. The molecule has 7 heteroatoms. The van der Waals surface area contributed by atoms with Crippen LogP contribution in [0.15, 0.2) is 39.0 Å². The van der Waals surface area contributed by atoms with Gasteiger partial charge in [-0.2, -0.15) is 4.31 Å². The minimum atomic E-state index is -3.49. The van der Waals surface area contributed by atoms with Crippen LogP contribution in [0, 0.1) is 6.92 Å². The summed E-state index contributed by atoms with van der Waals surface area (Å²) >= 11 is 10.4. The number of aryl methyl sites for hydroxylation is 1. The third-order valence-electron chi connectivity index (χ3n) is 2.82. The Morgan fingerprint density at radius 2 is 1.90 bits per heavy atom. The number of hydrogen-bond acceptors (Lipinski definition) is 3. The summed E-state index contributed by atoms with van der Waals surface area (Å²) in [6.07, 6.45) is 0. The molecule has 0 radical (unpaired) electrons. The molecule has 108 valence electrons. The van der Waals surface area contributed by atoms with E-state index in [9.17, 15) is 8.42 Å². The summed E-state index contributed by atoms with van der Waals surface area (Å²) in [5, 5.41) is 0. The molecule has 0 aliphatic rings. The molecule has 0 fully saturated rings. The molecule has 0 spiro atoms. The molecule has 0 saturated heterocycles. The van der Waals surface area contributed by atoms with Crippen molar-refractivity contribution in [3.8, 4) is 0 Å². The van der Waals surface area contributed by atoms with E-state index in [0.717, 1.165) is 26.9 Å². The lowest BCUT2D eigenvalue weighted by molar-refractivity contribution is 0.468. The SMILES string of the molecule is Cc1cc(S(=O)(=O)N(C)Cc2ccc(Br)cc2)sc1Cl. The van der Waals surface area contributed by atoms with Crippen LogP contribution < -0.4 is 0 Å². The minimum absolute atomic E-state index is 0.277. The van der Waals surface area contributed by atoms with Crippen molar-refractivity contribution in [1.82, 2.24) is 4.31 Å². The molecule has 0 amide bonds. The average Bonchev–Trinajstić information content (AvgIpc) is 2.73. The van der Waals surface area contributed by atoms with Crippen LogP contribution in [0.3, 0.4) is 0 Å². The van der Waals surface area contributed by atoms with Gasteiger partial charge in [-0.05, 0) is 36.2 Å². The molecule has 20 heavy (non-hydrogen) atoms. The van der Waals surface area contributed by atoms with Gasteiger partial charge in [0, 0.05) is 18.1 Å². The van der Waals surface area contributed by atoms with E-state index < -0.39 is 10.0 Å². The number of rotatable bonds is 4. The van der Waals surface area contributed by atoms with Gasteiger partial charge < -0.3 is 0 Å². The summed E-state index contributed by atoms with van der Waals surface area (Å²) < 4.78 is 28.0. The van der Waals surface area contributed by atoms with Crippen LogP contribution in [-0.4, -0.2) is 19.8 Å². The van der Waals surface area contributed by atoms with Gasteiger partial charge in [-0.3, -0.25) is 0 Å². The molecular formula is C13H13BrClNO2S2. The molecule has 2 aromatic rings. The predicted molar refractivity (Wildman–Crippen MR) is 86.9 cm³/mol. The Labute approximate surface area is 136 Å². The Hall–Kier alpha value is -0.400. The Morgan fingerprint density at radius 3 is 2.40 bits per heavy atom. The number of thiophene rings is 1. The summed E-state index contributed by atoms with van der Waals surface area (Å²) in [4.78, 5) is 0. The first-order chi connectivity index (χ1) is 9.30. The van der Waals surface area contributed by atoms with Crippen LogP contribution in [-0.2, 0) is 16.6 Å². The first-order valence-electron chi connectivity index (χ1n) is 5.77. The van der Waals surface area contributed by atoms with Gasteiger partial charge in [-0.1, -0.05) is 39.7 Å². The summed E-state index contributed by atoms with van der Waals surface area (Å²) in [6, 6.07) is 9.18. The normalized spacial score (nSPS) is 12.1. The van der Waals surface area contributed by atoms with Gasteiger partial charge in [-0.15, -0.1) is 11.3 Å². The van der Waals surface area contributed by atoms with Gasteiger partial charge in [0.2, 0.25) is 0 Å². The van der Waals surface area contributed by atoms with E-state index in [4.69, 9.17) is 11.6 Å².